The van der Waals surface area contributed by atoms with Crippen molar-refractivity contribution < 1.29 is 4.39 Å². The van der Waals surface area contributed by atoms with Crippen molar-refractivity contribution >= 4 is 0 Å². The summed E-state index contributed by atoms with van der Waals surface area (Å²) < 4.78 is 12.6. The Kier molecular flexibility index (Phi) is 1.37. The minimum absolute atomic E-state index is 0.0680. The lowest BCUT2D eigenvalue weighted by molar-refractivity contribution is -0.0111. The van der Waals surface area contributed by atoms with Crippen LogP contribution in [-0.4, -0.2) is 6.67 Å². The van der Waals surface area contributed by atoms with E-state index in [1.54, 1.807) is 0 Å². The quantitative estimate of drug-likeness (QED) is 0.576. The molecule has 0 radical (unpaired) electrons. The Labute approximate surface area is 68.2 Å². The zero-order valence-corrected chi connectivity index (χ0v) is 7.49. The summed E-state index contributed by atoms with van der Waals surface area (Å²) in [5, 5.41) is 0. The van der Waals surface area contributed by atoms with E-state index in [2.05, 4.69) is 13.8 Å². The molecular formula is C10H17F. The molecule has 64 valence electrons. The molecular weight excluding hydrogens is 139 g/mol. The second-order valence-corrected chi connectivity index (χ2v) is 5.00. The second-order valence-electron chi connectivity index (χ2n) is 5.00. The van der Waals surface area contributed by atoms with Gasteiger partial charge >= 0.3 is 0 Å². The Morgan fingerprint density at radius 2 is 1.91 bits per heavy atom. The van der Waals surface area contributed by atoms with E-state index in [-0.39, 0.29) is 12.1 Å². The van der Waals surface area contributed by atoms with Gasteiger partial charge < -0.3 is 0 Å². The van der Waals surface area contributed by atoms with Crippen molar-refractivity contribution in [3.63, 3.8) is 0 Å². The van der Waals surface area contributed by atoms with E-state index < -0.39 is 0 Å². The number of hydrogen-bond donors (Lipinski definition) is 0. The molecule has 0 spiro atoms. The minimum Gasteiger partial charge on any atom is -0.250 e. The van der Waals surface area contributed by atoms with Crippen LogP contribution in [0.15, 0.2) is 0 Å². The van der Waals surface area contributed by atoms with Crippen molar-refractivity contribution in [3.05, 3.63) is 0 Å². The van der Waals surface area contributed by atoms with Gasteiger partial charge in [0.1, 0.15) is 0 Å². The highest BCUT2D eigenvalue weighted by Crippen LogP contribution is 2.69. The van der Waals surface area contributed by atoms with E-state index in [0.29, 0.717) is 5.41 Å². The molecule has 3 saturated carbocycles. The van der Waals surface area contributed by atoms with Gasteiger partial charge in [-0.1, -0.05) is 13.8 Å². The summed E-state index contributed by atoms with van der Waals surface area (Å²) in [5.41, 5.74) is 0.719. The number of alkyl halides is 1. The summed E-state index contributed by atoms with van der Waals surface area (Å²) in [6.07, 6.45) is 4.79. The molecule has 0 atom stereocenters. The molecule has 2 bridgehead atoms. The molecule has 0 unspecified atom stereocenters. The van der Waals surface area contributed by atoms with E-state index in [1.807, 2.05) is 0 Å². The van der Waals surface area contributed by atoms with Crippen LogP contribution in [0.1, 0.15) is 39.5 Å². The van der Waals surface area contributed by atoms with Gasteiger partial charge in [0.05, 0.1) is 6.67 Å². The van der Waals surface area contributed by atoms with E-state index in [9.17, 15) is 4.39 Å². The van der Waals surface area contributed by atoms with E-state index in [1.165, 1.54) is 19.3 Å². The Balaban J connectivity index is 2.08. The lowest BCUT2D eigenvalue weighted by Gasteiger charge is -2.49. The fourth-order valence-electron chi connectivity index (χ4n) is 3.17. The van der Waals surface area contributed by atoms with Gasteiger partial charge in [-0.15, -0.1) is 0 Å². The first-order valence-corrected chi connectivity index (χ1v) is 4.69. The van der Waals surface area contributed by atoms with Crippen molar-refractivity contribution in [2.45, 2.75) is 39.5 Å². The monoisotopic (exact) mass is 156 g/mol. The molecule has 0 saturated heterocycles. The fourth-order valence-corrected chi connectivity index (χ4v) is 3.17. The number of hydrogen-bond acceptors (Lipinski definition) is 0. The summed E-state index contributed by atoms with van der Waals surface area (Å²) in [6.45, 7) is 4.50. The summed E-state index contributed by atoms with van der Waals surface area (Å²) in [6, 6.07) is 0. The highest BCUT2D eigenvalue weighted by atomic mass is 19.1. The van der Waals surface area contributed by atoms with E-state index >= 15 is 0 Å². The maximum absolute atomic E-state index is 12.6. The van der Waals surface area contributed by atoms with Crippen molar-refractivity contribution in [2.75, 3.05) is 6.67 Å². The van der Waals surface area contributed by atoms with Crippen molar-refractivity contribution in [1.82, 2.24) is 0 Å². The standard InChI is InChI=1S/C10H17F/c1-8(2)10-4-3-9(5-10,6-10)7-11/h8H,3-7H2,1-2H3. The van der Waals surface area contributed by atoms with Crippen LogP contribution in [-0.2, 0) is 0 Å². The van der Waals surface area contributed by atoms with Crippen LogP contribution in [0.25, 0.3) is 0 Å². The molecule has 0 amide bonds. The van der Waals surface area contributed by atoms with Crippen LogP contribution in [0.5, 0.6) is 0 Å². The third-order valence-corrected chi connectivity index (χ3v) is 4.12. The first-order chi connectivity index (χ1) is 5.13. The zero-order chi connectivity index (χ0) is 8.11. The third-order valence-electron chi connectivity index (χ3n) is 4.12. The SMILES string of the molecule is CC(C)C12CCC(CF)(C1)C2. The lowest BCUT2D eigenvalue weighted by atomic mass is 9.56. The van der Waals surface area contributed by atoms with Gasteiger partial charge in [0, 0.05) is 0 Å². The molecule has 3 aliphatic carbocycles. The van der Waals surface area contributed by atoms with Crippen LogP contribution in [0.4, 0.5) is 4.39 Å². The van der Waals surface area contributed by atoms with Gasteiger partial charge in [-0.2, -0.15) is 0 Å². The lowest BCUT2D eigenvalue weighted by Crippen LogP contribution is -2.42. The summed E-state index contributed by atoms with van der Waals surface area (Å²) >= 11 is 0. The van der Waals surface area contributed by atoms with Gasteiger partial charge in [-0.25, -0.2) is 0 Å². The zero-order valence-electron chi connectivity index (χ0n) is 7.49. The van der Waals surface area contributed by atoms with Gasteiger partial charge in [0.25, 0.3) is 0 Å². The first kappa shape index (κ1) is 7.57. The number of halogens is 1. The van der Waals surface area contributed by atoms with Crippen molar-refractivity contribution in [3.8, 4) is 0 Å². The van der Waals surface area contributed by atoms with E-state index in [4.69, 9.17) is 0 Å². The molecule has 0 nitrogen and oxygen atoms in total. The molecule has 0 aliphatic heterocycles. The maximum Gasteiger partial charge on any atom is 0.0951 e. The number of fused-ring (bicyclic) bond motifs is 1. The molecule has 1 heteroatoms. The van der Waals surface area contributed by atoms with Crippen LogP contribution in [0, 0.1) is 16.7 Å². The van der Waals surface area contributed by atoms with Gasteiger partial charge in [0.2, 0.25) is 0 Å². The Bertz CT molecular complexity index is 166. The average Bonchev–Trinajstić information content (AvgIpc) is 2.39. The second kappa shape index (κ2) is 1.99. The molecule has 3 fully saturated rings. The fraction of sp³-hybridized carbons (Fsp3) is 1.00. The largest absolute Gasteiger partial charge is 0.250 e. The topological polar surface area (TPSA) is 0 Å². The third kappa shape index (κ3) is 0.800. The maximum atomic E-state index is 12.6. The summed E-state index contributed by atoms with van der Waals surface area (Å²) in [7, 11) is 0. The van der Waals surface area contributed by atoms with Gasteiger partial charge in [-0.05, 0) is 42.4 Å². The normalized spacial score (nSPS) is 48.0. The Hall–Kier alpha value is -0.0700. The minimum atomic E-state index is -0.0680. The van der Waals surface area contributed by atoms with Crippen LogP contribution < -0.4 is 0 Å². The molecule has 3 rings (SSSR count). The molecule has 3 aliphatic rings. The molecule has 0 aromatic carbocycles. The average molecular weight is 156 g/mol. The molecule has 0 heterocycles. The highest BCUT2D eigenvalue weighted by molar-refractivity contribution is 5.11. The van der Waals surface area contributed by atoms with Crippen LogP contribution in [0.3, 0.4) is 0 Å². The smallest absolute Gasteiger partial charge is 0.0951 e. The predicted octanol–water partition coefficient (Wildman–Crippen LogP) is 3.17. The van der Waals surface area contributed by atoms with Crippen molar-refractivity contribution in [1.29, 1.82) is 0 Å². The molecule has 0 N–H and O–H groups in total. The van der Waals surface area contributed by atoms with Crippen LogP contribution in [0.2, 0.25) is 0 Å². The summed E-state index contributed by atoms with van der Waals surface area (Å²) in [5.74, 6) is 0.768. The highest BCUT2D eigenvalue weighted by Gasteiger charge is 2.61. The van der Waals surface area contributed by atoms with Gasteiger partial charge in [0.15, 0.2) is 0 Å². The van der Waals surface area contributed by atoms with Crippen LogP contribution >= 0.6 is 0 Å². The van der Waals surface area contributed by atoms with E-state index in [0.717, 1.165) is 12.3 Å². The van der Waals surface area contributed by atoms with Crippen molar-refractivity contribution in [2.24, 2.45) is 16.7 Å². The first-order valence-electron chi connectivity index (χ1n) is 4.69. The predicted molar refractivity (Wildman–Crippen MR) is 44.1 cm³/mol. The van der Waals surface area contributed by atoms with Gasteiger partial charge in [-0.3, -0.25) is 4.39 Å². The molecule has 11 heavy (non-hydrogen) atoms. The Morgan fingerprint density at radius 1 is 1.27 bits per heavy atom. The molecule has 0 aromatic rings. The Morgan fingerprint density at radius 3 is 2.18 bits per heavy atom. The number of rotatable bonds is 2. The summed E-state index contributed by atoms with van der Waals surface area (Å²) in [4.78, 5) is 0. The molecule has 0 aromatic heterocycles.